The highest BCUT2D eigenvalue weighted by Crippen LogP contribution is 2.42. The van der Waals surface area contributed by atoms with Gasteiger partial charge in [-0.1, -0.05) is 179 Å². The van der Waals surface area contributed by atoms with Gasteiger partial charge in [-0.15, -0.1) is 0 Å². The van der Waals surface area contributed by atoms with Gasteiger partial charge in [-0.3, -0.25) is 4.57 Å². The number of ether oxygens (including phenoxy) is 2. The van der Waals surface area contributed by atoms with Gasteiger partial charge in [-0.05, 0) is 25.7 Å². The van der Waals surface area contributed by atoms with Crippen LogP contribution in [0.25, 0.3) is 0 Å². The van der Waals surface area contributed by atoms with E-state index in [0.29, 0.717) is 11.0 Å². The van der Waals surface area contributed by atoms with Crippen LogP contribution >= 0.6 is 7.60 Å². The molecule has 0 radical (unpaired) electrons. The molecule has 53 heavy (non-hydrogen) atoms. The Balaban J connectivity index is 4.55. The third-order valence-corrected chi connectivity index (χ3v) is 10.4. The second-order valence-electron chi connectivity index (χ2n) is 15.6. The lowest BCUT2D eigenvalue weighted by molar-refractivity contribution is -0.867. The smallest absolute Gasteiger partial charge is 0.333 e. The van der Waals surface area contributed by atoms with Crippen LogP contribution < -0.4 is 0 Å². The predicted octanol–water partition coefficient (Wildman–Crippen LogP) is 12.0. The van der Waals surface area contributed by atoms with Crippen LogP contribution in [0.1, 0.15) is 168 Å². The third kappa shape index (κ3) is 39.5. The van der Waals surface area contributed by atoms with Crippen LogP contribution in [-0.4, -0.2) is 74.5 Å². The van der Waals surface area contributed by atoms with Crippen molar-refractivity contribution in [1.29, 1.82) is 0 Å². The summed E-state index contributed by atoms with van der Waals surface area (Å²) in [6.45, 7) is 4.27. The average Bonchev–Trinajstić information content (AvgIpc) is 3.11. The number of quaternary nitrogens is 1. The number of hydrogen-bond acceptors (Lipinski definition) is 6. The summed E-state index contributed by atoms with van der Waals surface area (Å²) < 4.78 is 29.2. The molecule has 0 aromatic heterocycles. The lowest BCUT2D eigenvalue weighted by atomic mass is 10.1. The van der Waals surface area contributed by atoms with Crippen molar-refractivity contribution in [3.63, 3.8) is 0 Å². The van der Waals surface area contributed by atoms with Crippen molar-refractivity contribution in [2.75, 3.05) is 47.1 Å². The van der Waals surface area contributed by atoms with E-state index in [2.05, 4.69) is 13.8 Å². The average molecular weight is 767 g/mol. The molecule has 0 aromatic rings. The fourth-order valence-corrected chi connectivity index (χ4v) is 7.09. The topological polar surface area (TPSA) is 99.1 Å². The van der Waals surface area contributed by atoms with Crippen LogP contribution in [0.4, 0.5) is 0 Å². The highest BCUT2D eigenvalue weighted by atomic mass is 31.2. The number of carbonyl (C=O) groups is 2. The Hall–Kier alpha value is -1.99. The van der Waals surface area contributed by atoms with Crippen molar-refractivity contribution in [1.82, 2.24) is 0 Å². The van der Waals surface area contributed by atoms with E-state index >= 15 is 0 Å². The second-order valence-corrected chi connectivity index (χ2v) is 17.6. The highest BCUT2D eigenvalue weighted by molar-refractivity contribution is 7.52. The van der Waals surface area contributed by atoms with E-state index in [0.717, 1.165) is 25.7 Å². The summed E-state index contributed by atoms with van der Waals surface area (Å²) in [7, 11) is 1.83. The van der Waals surface area contributed by atoms with Crippen molar-refractivity contribution >= 4 is 19.5 Å². The van der Waals surface area contributed by atoms with E-state index < -0.39 is 25.6 Å². The quantitative estimate of drug-likeness (QED) is 0.0168. The predicted molar refractivity (Wildman–Crippen MR) is 223 cm³/mol. The van der Waals surface area contributed by atoms with Gasteiger partial charge in [0.15, 0.2) is 6.10 Å². The maximum absolute atomic E-state index is 12.6. The molecule has 0 aliphatic rings. The van der Waals surface area contributed by atoms with E-state index in [9.17, 15) is 19.0 Å². The van der Waals surface area contributed by atoms with E-state index in [1.54, 1.807) is 12.2 Å². The van der Waals surface area contributed by atoms with Crippen LogP contribution in [0.2, 0.25) is 0 Å². The van der Waals surface area contributed by atoms with Crippen LogP contribution in [-0.2, 0) is 28.2 Å². The first-order valence-electron chi connectivity index (χ1n) is 21.3. The fourth-order valence-electron chi connectivity index (χ4n) is 5.70. The minimum Gasteiger partial charge on any atom is -0.458 e. The van der Waals surface area contributed by atoms with Gasteiger partial charge in [0.2, 0.25) is 0 Å². The van der Waals surface area contributed by atoms with Crippen LogP contribution in [0, 0.1) is 0 Å². The Morgan fingerprint density at radius 1 is 0.585 bits per heavy atom. The van der Waals surface area contributed by atoms with Crippen LogP contribution in [0.5, 0.6) is 0 Å². The van der Waals surface area contributed by atoms with Gasteiger partial charge in [0.05, 0.1) is 40.5 Å². The van der Waals surface area contributed by atoms with Crippen molar-refractivity contribution in [3.8, 4) is 0 Å². The Bertz CT molecular complexity index is 1050. The first kappa shape index (κ1) is 51.0. The summed E-state index contributed by atoms with van der Waals surface area (Å²) in [6.07, 6.45) is 43.2. The molecular weight excluding hydrogens is 685 g/mol. The maximum atomic E-state index is 12.6. The number of carbonyl (C=O) groups excluding carboxylic acids is 2. The fraction of sp³-hybridized carbons (Fsp3) is 0.773. The number of allylic oxidation sites excluding steroid dienone is 6. The molecule has 0 amide bonds. The number of nitrogens with zero attached hydrogens (tertiary/aromatic N) is 1. The molecule has 1 unspecified atom stereocenters. The van der Waals surface area contributed by atoms with E-state index in [1.807, 2.05) is 45.4 Å². The Morgan fingerprint density at radius 2 is 0.981 bits per heavy atom. The zero-order chi connectivity index (χ0) is 39.3. The molecule has 2 atom stereocenters. The highest BCUT2D eigenvalue weighted by Gasteiger charge is 2.26. The van der Waals surface area contributed by atoms with E-state index in [-0.39, 0.29) is 19.4 Å². The molecule has 0 bridgehead atoms. The SMILES string of the molecule is CCCCCCCCCCCCC/C=C\C=C\C(=O)OC[C@H](COP(=O)(O)CC[N+](C)(C)C)OC(=O)/C=C/C=C/CCCCCCCCCCCCC. The van der Waals surface area contributed by atoms with Gasteiger partial charge in [-0.25, -0.2) is 9.59 Å². The lowest BCUT2D eigenvalue weighted by Gasteiger charge is -2.25. The largest absolute Gasteiger partial charge is 0.458 e. The summed E-state index contributed by atoms with van der Waals surface area (Å²) in [5.41, 5.74) is 0. The minimum absolute atomic E-state index is 0.0466. The number of rotatable bonds is 37. The van der Waals surface area contributed by atoms with Crippen LogP contribution in [0.15, 0.2) is 48.6 Å². The van der Waals surface area contributed by atoms with E-state index in [4.69, 9.17) is 14.0 Å². The van der Waals surface area contributed by atoms with Crippen molar-refractivity contribution < 1.29 is 37.5 Å². The first-order valence-corrected chi connectivity index (χ1v) is 23.1. The van der Waals surface area contributed by atoms with E-state index in [1.165, 1.54) is 141 Å². The van der Waals surface area contributed by atoms with Gasteiger partial charge in [0, 0.05) is 12.2 Å². The lowest BCUT2D eigenvalue weighted by Crippen LogP contribution is -2.37. The Labute approximate surface area is 326 Å². The zero-order valence-corrected chi connectivity index (χ0v) is 35.7. The molecular formula is C44H81NO7P+. The maximum Gasteiger partial charge on any atom is 0.333 e. The summed E-state index contributed by atoms with van der Waals surface area (Å²) >= 11 is 0. The third-order valence-electron chi connectivity index (χ3n) is 9.12. The summed E-state index contributed by atoms with van der Waals surface area (Å²) in [5, 5.41) is 0. The number of esters is 2. The molecule has 0 rings (SSSR count). The molecule has 1 N–H and O–H groups in total. The molecule has 0 aromatic carbocycles. The normalized spacial score (nSPS) is 14.2. The molecule has 8 nitrogen and oxygen atoms in total. The molecule has 0 aliphatic heterocycles. The van der Waals surface area contributed by atoms with Gasteiger partial charge in [0.1, 0.15) is 6.61 Å². The Morgan fingerprint density at radius 3 is 1.40 bits per heavy atom. The molecule has 308 valence electrons. The summed E-state index contributed by atoms with van der Waals surface area (Å²) in [4.78, 5) is 35.2. The van der Waals surface area contributed by atoms with Crippen LogP contribution in [0.3, 0.4) is 0 Å². The molecule has 9 heteroatoms. The zero-order valence-electron chi connectivity index (χ0n) is 34.8. The molecule has 0 aliphatic carbocycles. The van der Waals surface area contributed by atoms with Crippen molar-refractivity contribution in [3.05, 3.63) is 48.6 Å². The molecule has 0 heterocycles. The van der Waals surface area contributed by atoms with Crippen molar-refractivity contribution in [2.45, 2.75) is 174 Å². The summed E-state index contributed by atoms with van der Waals surface area (Å²) in [6, 6.07) is 0. The first-order chi connectivity index (χ1) is 25.5. The number of hydrogen-bond donors (Lipinski definition) is 1. The minimum atomic E-state index is -3.93. The number of unbranched alkanes of at least 4 members (excludes halogenated alkanes) is 22. The molecule has 0 saturated carbocycles. The second kappa shape index (κ2) is 35.7. The monoisotopic (exact) mass is 767 g/mol. The molecule has 0 fully saturated rings. The Kier molecular flexibility index (Phi) is 34.4. The molecule has 0 saturated heterocycles. The van der Waals surface area contributed by atoms with Crippen molar-refractivity contribution in [2.24, 2.45) is 0 Å². The molecule has 0 spiro atoms. The standard InChI is InChI=1S/C44H80NO7P/c1-6-8-10-12-14-16-18-20-22-24-26-28-30-32-34-36-43(46)50-40-42(41-51-53(48,49)39-38-45(3,4)5)52-44(47)37-35-33-31-29-27-25-23-21-19-17-15-13-11-9-7-2/h30-37,42H,6-29,38-41H2,1-5H3/p+1/b32-30-,33-31+,36-34+,37-35+/t42-/m1/s1. The summed E-state index contributed by atoms with van der Waals surface area (Å²) in [5.74, 6) is -1.24. The van der Waals surface area contributed by atoms with Gasteiger partial charge >= 0.3 is 19.5 Å². The van der Waals surface area contributed by atoms with Gasteiger partial charge in [0.25, 0.3) is 0 Å². The van der Waals surface area contributed by atoms with Gasteiger partial charge in [-0.2, -0.15) is 0 Å². The van der Waals surface area contributed by atoms with Gasteiger partial charge < -0.3 is 23.4 Å².